The summed E-state index contributed by atoms with van der Waals surface area (Å²) in [6.07, 6.45) is 10.7. The van der Waals surface area contributed by atoms with Gasteiger partial charge in [0, 0.05) is 5.33 Å². The zero-order valence-corrected chi connectivity index (χ0v) is 12.9. The third-order valence-corrected chi connectivity index (χ3v) is 4.02. The fraction of sp³-hybridized carbons (Fsp3) is 0.917. The minimum absolute atomic E-state index is 0.355. The molecule has 0 aromatic carbocycles. The third kappa shape index (κ3) is 10.9. The molecule has 0 bridgehead atoms. The zero-order chi connectivity index (χ0) is 12.2. The standard InChI is InChI=1S/C12H22Br2O2/c13-10-8-6-4-2-1-3-5-7-9-11(14)12(15)16/h11H,1-10H2,(H,15,16). The third-order valence-electron chi connectivity index (χ3n) is 2.61. The Bertz CT molecular complexity index is 174. The predicted molar refractivity (Wildman–Crippen MR) is 75.7 cm³/mol. The summed E-state index contributed by atoms with van der Waals surface area (Å²) < 4.78 is 0. The quantitative estimate of drug-likeness (QED) is 0.428. The molecule has 0 aromatic heterocycles. The van der Waals surface area contributed by atoms with Crippen LogP contribution in [-0.4, -0.2) is 21.2 Å². The highest BCUT2D eigenvalue weighted by Gasteiger charge is 2.11. The minimum Gasteiger partial charge on any atom is -0.480 e. The molecule has 0 radical (unpaired) electrons. The van der Waals surface area contributed by atoms with Crippen molar-refractivity contribution in [3.05, 3.63) is 0 Å². The number of alkyl halides is 2. The fourth-order valence-electron chi connectivity index (χ4n) is 1.60. The normalized spacial score (nSPS) is 12.6. The first-order valence-corrected chi connectivity index (χ1v) is 8.15. The Morgan fingerprint density at radius 2 is 1.38 bits per heavy atom. The maximum absolute atomic E-state index is 10.5. The van der Waals surface area contributed by atoms with Crippen molar-refractivity contribution in [3.8, 4) is 0 Å². The van der Waals surface area contributed by atoms with Gasteiger partial charge in [0.15, 0.2) is 0 Å². The molecule has 0 saturated heterocycles. The Morgan fingerprint density at radius 1 is 0.938 bits per heavy atom. The number of hydrogen-bond acceptors (Lipinski definition) is 1. The Morgan fingerprint density at radius 3 is 1.81 bits per heavy atom. The van der Waals surface area contributed by atoms with Crippen LogP contribution in [-0.2, 0) is 4.79 Å². The monoisotopic (exact) mass is 356 g/mol. The topological polar surface area (TPSA) is 37.3 Å². The second-order valence-electron chi connectivity index (χ2n) is 4.11. The molecule has 0 aliphatic heterocycles. The number of carboxylic acid groups (broad SMARTS) is 1. The van der Waals surface area contributed by atoms with Gasteiger partial charge in [0.05, 0.1) is 0 Å². The molecule has 0 amide bonds. The molecule has 16 heavy (non-hydrogen) atoms. The van der Waals surface area contributed by atoms with Crippen LogP contribution >= 0.6 is 31.9 Å². The van der Waals surface area contributed by atoms with E-state index >= 15 is 0 Å². The van der Waals surface area contributed by atoms with Gasteiger partial charge in [0.25, 0.3) is 0 Å². The van der Waals surface area contributed by atoms with Crippen LogP contribution in [0.5, 0.6) is 0 Å². The second-order valence-corrected chi connectivity index (χ2v) is 6.01. The van der Waals surface area contributed by atoms with E-state index in [0.29, 0.717) is 0 Å². The first-order valence-electron chi connectivity index (χ1n) is 6.11. The molecule has 0 rings (SSSR count). The van der Waals surface area contributed by atoms with Gasteiger partial charge >= 0.3 is 5.97 Å². The molecular formula is C12H22Br2O2. The Balaban J connectivity index is 3.07. The van der Waals surface area contributed by atoms with Gasteiger partial charge in [0.2, 0.25) is 0 Å². The number of unbranched alkanes of at least 4 members (excludes halogenated alkanes) is 7. The van der Waals surface area contributed by atoms with E-state index in [2.05, 4.69) is 31.9 Å². The van der Waals surface area contributed by atoms with Crippen molar-refractivity contribution >= 4 is 37.8 Å². The highest BCUT2D eigenvalue weighted by Crippen LogP contribution is 2.14. The SMILES string of the molecule is O=C(O)C(Br)CCCCCCCCCCBr. The van der Waals surface area contributed by atoms with E-state index in [1.807, 2.05) is 0 Å². The molecular weight excluding hydrogens is 336 g/mol. The summed E-state index contributed by atoms with van der Waals surface area (Å²) in [5, 5.41) is 9.77. The van der Waals surface area contributed by atoms with Crippen molar-refractivity contribution < 1.29 is 9.90 Å². The summed E-state index contributed by atoms with van der Waals surface area (Å²) in [6, 6.07) is 0. The van der Waals surface area contributed by atoms with Gasteiger partial charge in [-0.1, -0.05) is 76.8 Å². The predicted octanol–water partition coefficient (Wildman–Crippen LogP) is 4.74. The summed E-state index contributed by atoms with van der Waals surface area (Å²) in [5.41, 5.74) is 0. The van der Waals surface area contributed by atoms with Crippen LogP contribution in [0.4, 0.5) is 0 Å². The molecule has 4 heteroatoms. The van der Waals surface area contributed by atoms with Gasteiger partial charge in [-0.05, 0) is 12.8 Å². The minimum atomic E-state index is -0.741. The highest BCUT2D eigenvalue weighted by atomic mass is 79.9. The lowest BCUT2D eigenvalue weighted by Crippen LogP contribution is -2.11. The van der Waals surface area contributed by atoms with E-state index in [1.54, 1.807) is 0 Å². The zero-order valence-electron chi connectivity index (χ0n) is 9.76. The number of aliphatic carboxylic acids is 1. The molecule has 2 nitrogen and oxygen atoms in total. The molecule has 1 unspecified atom stereocenters. The molecule has 0 heterocycles. The molecule has 1 atom stereocenters. The van der Waals surface area contributed by atoms with Crippen LogP contribution in [0.2, 0.25) is 0 Å². The van der Waals surface area contributed by atoms with Crippen molar-refractivity contribution in [1.82, 2.24) is 0 Å². The molecule has 1 N–H and O–H groups in total. The molecule has 0 aliphatic carbocycles. The van der Waals surface area contributed by atoms with Crippen LogP contribution in [0.3, 0.4) is 0 Å². The van der Waals surface area contributed by atoms with Crippen LogP contribution < -0.4 is 0 Å². The molecule has 0 fully saturated rings. The second kappa shape index (κ2) is 11.9. The van der Waals surface area contributed by atoms with Crippen LogP contribution in [0.1, 0.15) is 57.8 Å². The Kier molecular flexibility index (Phi) is 12.2. The van der Waals surface area contributed by atoms with E-state index < -0.39 is 5.97 Å². The van der Waals surface area contributed by atoms with Gasteiger partial charge in [-0.25, -0.2) is 0 Å². The molecule has 0 aliphatic rings. The lowest BCUT2D eigenvalue weighted by atomic mass is 10.1. The van der Waals surface area contributed by atoms with Crippen LogP contribution in [0, 0.1) is 0 Å². The maximum Gasteiger partial charge on any atom is 0.317 e. The van der Waals surface area contributed by atoms with Crippen LogP contribution in [0.15, 0.2) is 0 Å². The Labute approximate surface area is 115 Å². The number of hydrogen-bond donors (Lipinski definition) is 1. The van der Waals surface area contributed by atoms with Gasteiger partial charge in [-0.3, -0.25) is 4.79 Å². The summed E-state index contributed by atoms with van der Waals surface area (Å²) in [6.45, 7) is 0. The van der Waals surface area contributed by atoms with Crippen LogP contribution in [0.25, 0.3) is 0 Å². The average molecular weight is 358 g/mol. The van der Waals surface area contributed by atoms with Gasteiger partial charge in [0.1, 0.15) is 4.83 Å². The number of carbonyl (C=O) groups is 1. The largest absolute Gasteiger partial charge is 0.480 e. The lowest BCUT2D eigenvalue weighted by Gasteiger charge is -2.04. The van der Waals surface area contributed by atoms with E-state index in [9.17, 15) is 4.79 Å². The number of halogens is 2. The van der Waals surface area contributed by atoms with Crippen molar-refractivity contribution in [2.45, 2.75) is 62.6 Å². The number of carboxylic acids is 1. The summed E-state index contributed by atoms with van der Waals surface area (Å²) in [4.78, 5) is 10.2. The maximum atomic E-state index is 10.5. The van der Waals surface area contributed by atoms with Crippen molar-refractivity contribution in [1.29, 1.82) is 0 Å². The first kappa shape index (κ1) is 16.4. The molecule has 0 spiro atoms. The van der Waals surface area contributed by atoms with Gasteiger partial charge in [-0.2, -0.15) is 0 Å². The number of rotatable bonds is 11. The van der Waals surface area contributed by atoms with E-state index in [4.69, 9.17) is 5.11 Å². The van der Waals surface area contributed by atoms with E-state index in [0.717, 1.165) is 24.6 Å². The molecule has 96 valence electrons. The van der Waals surface area contributed by atoms with Gasteiger partial charge < -0.3 is 5.11 Å². The van der Waals surface area contributed by atoms with E-state index in [1.165, 1.54) is 38.5 Å². The van der Waals surface area contributed by atoms with Crippen molar-refractivity contribution in [3.63, 3.8) is 0 Å². The van der Waals surface area contributed by atoms with Gasteiger partial charge in [-0.15, -0.1) is 0 Å². The smallest absolute Gasteiger partial charge is 0.317 e. The lowest BCUT2D eigenvalue weighted by molar-refractivity contribution is -0.136. The van der Waals surface area contributed by atoms with Crippen molar-refractivity contribution in [2.24, 2.45) is 0 Å². The summed E-state index contributed by atoms with van der Waals surface area (Å²) in [7, 11) is 0. The van der Waals surface area contributed by atoms with E-state index in [-0.39, 0.29) is 4.83 Å². The molecule has 0 aromatic rings. The Hall–Kier alpha value is 0.430. The highest BCUT2D eigenvalue weighted by molar-refractivity contribution is 9.10. The summed E-state index contributed by atoms with van der Waals surface area (Å²) >= 11 is 6.58. The first-order chi connectivity index (χ1) is 7.68. The molecule has 0 saturated carbocycles. The average Bonchev–Trinajstić information content (AvgIpc) is 2.26. The van der Waals surface area contributed by atoms with Crippen molar-refractivity contribution in [2.75, 3.05) is 5.33 Å². The summed E-state index contributed by atoms with van der Waals surface area (Å²) in [5.74, 6) is -0.741. The fourth-order valence-corrected chi connectivity index (χ4v) is 2.32.